The van der Waals surface area contributed by atoms with Gasteiger partial charge in [-0.15, -0.1) is 0 Å². The predicted octanol–water partition coefficient (Wildman–Crippen LogP) is 5.59. The molecule has 1 aliphatic rings. The maximum atomic E-state index is 11.6. The molecule has 160 valence electrons. The Labute approximate surface area is 168 Å². The molecule has 0 N–H and O–H groups in total. The predicted molar refractivity (Wildman–Crippen MR) is 113 cm³/mol. The van der Waals surface area contributed by atoms with Crippen molar-refractivity contribution in [2.75, 3.05) is 26.3 Å². The van der Waals surface area contributed by atoms with Crippen LogP contribution in [0.25, 0.3) is 0 Å². The van der Waals surface area contributed by atoms with E-state index in [4.69, 9.17) is 9.47 Å². The van der Waals surface area contributed by atoms with Gasteiger partial charge in [0.05, 0.1) is 12.1 Å². The number of morpholine rings is 1. The van der Waals surface area contributed by atoms with E-state index in [-0.39, 0.29) is 11.6 Å². The first-order chi connectivity index (χ1) is 12.8. The number of hydrogen-bond donors (Lipinski definition) is 0. The molecule has 27 heavy (non-hydrogen) atoms. The van der Waals surface area contributed by atoms with E-state index in [0.717, 1.165) is 19.6 Å². The summed E-state index contributed by atoms with van der Waals surface area (Å²) in [4.78, 5) is 13.9. The number of hydrogen-bond acceptors (Lipinski definition) is 4. The van der Waals surface area contributed by atoms with Gasteiger partial charge in [0.1, 0.15) is 6.61 Å². The van der Waals surface area contributed by atoms with Gasteiger partial charge in [-0.2, -0.15) is 0 Å². The van der Waals surface area contributed by atoms with Crippen molar-refractivity contribution in [3.63, 3.8) is 0 Å². The van der Waals surface area contributed by atoms with Crippen LogP contribution in [0.5, 0.6) is 0 Å². The van der Waals surface area contributed by atoms with E-state index >= 15 is 0 Å². The zero-order chi connectivity index (χ0) is 20.1. The van der Waals surface area contributed by atoms with Crippen molar-refractivity contribution in [2.24, 2.45) is 5.92 Å². The smallest absolute Gasteiger partial charge is 0.320 e. The van der Waals surface area contributed by atoms with Crippen LogP contribution in [0.2, 0.25) is 0 Å². The van der Waals surface area contributed by atoms with Crippen LogP contribution in [-0.4, -0.2) is 48.8 Å². The zero-order valence-electron chi connectivity index (χ0n) is 18.7. The normalized spacial score (nSPS) is 18.9. The van der Waals surface area contributed by atoms with Crippen molar-refractivity contribution in [3.8, 4) is 0 Å². The molecule has 4 nitrogen and oxygen atoms in total. The third-order valence-corrected chi connectivity index (χ3v) is 5.15. The van der Waals surface area contributed by atoms with E-state index in [1.165, 1.54) is 57.8 Å². The molecular weight excluding hydrogens is 338 g/mol. The number of nitrogens with zero attached hydrogens (tertiary/aromatic N) is 1. The van der Waals surface area contributed by atoms with Crippen LogP contribution < -0.4 is 0 Å². The summed E-state index contributed by atoms with van der Waals surface area (Å²) in [6.07, 6.45) is 12.8. The van der Waals surface area contributed by atoms with Crippen molar-refractivity contribution < 1.29 is 14.3 Å². The molecular formula is C23H45NO3. The SMILES string of the molecule is CC(C)C[C@H]1COC(=O)CN1CCCCCCCCCCCOC(C)(C)C. The van der Waals surface area contributed by atoms with Crippen LogP contribution >= 0.6 is 0 Å². The van der Waals surface area contributed by atoms with E-state index < -0.39 is 0 Å². The fourth-order valence-corrected chi connectivity index (χ4v) is 3.69. The number of esters is 1. The Kier molecular flexibility index (Phi) is 12.3. The average Bonchev–Trinajstić information content (AvgIpc) is 2.56. The van der Waals surface area contributed by atoms with Crippen molar-refractivity contribution in [2.45, 2.75) is 110 Å². The van der Waals surface area contributed by atoms with Crippen molar-refractivity contribution >= 4 is 5.97 Å². The fraction of sp³-hybridized carbons (Fsp3) is 0.957. The van der Waals surface area contributed by atoms with Gasteiger partial charge in [0.2, 0.25) is 0 Å². The number of rotatable bonds is 14. The van der Waals surface area contributed by atoms with Gasteiger partial charge in [0.25, 0.3) is 0 Å². The van der Waals surface area contributed by atoms with E-state index in [1.807, 2.05) is 0 Å². The number of cyclic esters (lactones) is 1. The van der Waals surface area contributed by atoms with Crippen LogP contribution in [0.1, 0.15) is 98.8 Å². The molecule has 1 fully saturated rings. The van der Waals surface area contributed by atoms with Crippen LogP contribution in [0.15, 0.2) is 0 Å². The topological polar surface area (TPSA) is 38.8 Å². The second-order valence-corrected chi connectivity index (χ2v) is 9.58. The van der Waals surface area contributed by atoms with Gasteiger partial charge in [-0.05, 0) is 52.5 Å². The number of carbonyl (C=O) groups excluding carboxylic acids is 1. The van der Waals surface area contributed by atoms with Gasteiger partial charge in [-0.25, -0.2) is 0 Å². The quantitative estimate of drug-likeness (QED) is 0.290. The summed E-state index contributed by atoms with van der Waals surface area (Å²) in [5.74, 6) is 0.595. The summed E-state index contributed by atoms with van der Waals surface area (Å²) in [5, 5.41) is 0. The number of ether oxygens (including phenoxy) is 2. The summed E-state index contributed by atoms with van der Waals surface area (Å²) in [6, 6.07) is 0.421. The molecule has 0 aromatic rings. The van der Waals surface area contributed by atoms with Crippen molar-refractivity contribution in [1.82, 2.24) is 4.90 Å². The molecule has 1 aliphatic heterocycles. The maximum absolute atomic E-state index is 11.6. The minimum absolute atomic E-state index is 0.00329. The molecule has 0 aromatic heterocycles. The summed E-state index contributed by atoms with van der Waals surface area (Å²) in [5.41, 5.74) is 0.00329. The van der Waals surface area contributed by atoms with E-state index in [2.05, 4.69) is 39.5 Å². The average molecular weight is 384 g/mol. The molecule has 0 saturated carbocycles. The standard InChI is InChI=1S/C23H45NO3/c1-20(2)17-21-19-26-22(25)18-24(21)15-13-11-9-7-6-8-10-12-14-16-27-23(3,4)5/h20-21H,6-19H2,1-5H3/t21-/m0/s1. The molecule has 0 unspecified atom stereocenters. The summed E-state index contributed by atoms with van der Waals surface area (Å²) < 4.78 is 11.0. The van der Waals surface area contributed by atoms with E-state index in [1.54, 1.807) is 0 Å². The largest absolute Gasteiger partial charge is 0.463 e. The highest BCUT2D eigenvalue weighted by atomic mass is 16.5. The van der Waals surface area contributed by atoms with Gasteiger partial charge in [0.15, 0.2) is 0 Å². The second-order valence-electron chi connectivity index (χ2n) is 9.58. The second kappa shape index (κ2) is 13.5. The summed E-state index contributed by atoms with van der Waals surface area (Å²) in [6.45, 7) is 13.8. The van der Waals surface area contributed by atoms with Crippen LogP contribution in [0.4, 0.5) is 0 Å². The van der Waals surface area contributed by atoms with Gasteiger partial charge in [0, 0.05) is 12.6 Å². The van der Waals surface area contributed by atoms with Crippen LogP contribution in [0.3, 0.4) is 0 Å². The lowest BCUT2D eigenvalue weighted by molar-refractivity contribution is -0.155. The molecule has 0 spiro atoms. The molecule has 0 aliphatic carbocycles. The molecule has 1 saturated heterocycles. The minimum atomic E-state index is -0.0529. The molecule has 1 heterocycles. The molecule has 4 heteroatoms. The van der Waals surface area contributed by atoms with E-state index in [9.17, 15) is 4.79 Å². The van der Waals surface area contributed by atoms with Crippen molar-refractivity contribution in [3.05, 3.63) is 0 Å². The van der Waals surface area contributed by atoms with Gasteiger partial charge in [-0.3, -0.25) is 9.69 Å². The first kappa shape index (κ1) is 24.4. The third kappa shape index (κ3) is 13.2. The Morgan fingerprint density at radius 3 is 2.11 bits per heavy atom. The Morgan fingerprint density at radius 2 is 1.56 bits per heavy atom. The molecule has 0 amide bonds. The van der Waals surface area contributed by atoms with Gasteiger partial charge >= 0.3 is 5.97 Å². The zero-order valence-corrected chi connectivity index (χ0v) is 18.7. The van der Waals surface area contributed by atoms with Gasteiger partial charge < -0.3 is 9.47 Å². The highest BCUT2D eigenvalue weighted by Crippen LogP contribution is 2.18. The highest BCUT2D eigenvalue weighted by molar-refractivity contribution is 5.72. The number of carbonyl (C=O) groups is 1. The van der Waals surface area contributed by atoms with E-state index in [0.29, 0.717) is 25.1 Å². The van der Waals surface area contributed by atoms with Crippen LogP contribution in [-0.2, 0) is 14.3 Å². The monoisotopic (exact) mass is 383 g/mol. The molecule has 1 atom stereocenters. The summed E-state index contributed by atoms with van der Waals surface area (Å²) >= 11 is 0. The third-order valence-electron chi connectivity index (χ3n) is 5.15. The lowest BCUT2D eigenvalue weighted by atomic mass is 10.0. The molecule has 0 radical (unpaired) electrons. The Morgan fingerprint density at radius 1 is 1.00 bits per heavy atom. The van der Waals surface area contributed by atoms with Crippen molar-refractivity contribution in [1.29, 1.82) is 0 Å². The highest BCUT2D eigenvalue weighted by Gasteiger charge is 2.27. The lowest BCUT2D eigenvalue weighted by Gasteiger charge is -2.35. The lowest BCUT2D eigenvalue weighted by Crippen LogP contribution is -2.48. The minimum Gasteiger partial charge on any atom is -0.463 e. The maximum Gasteiger partial charge on any atom is 0.320 e. The Bertz CT molecular complexity index is 390. The molecule has 1 rings (SSSR count). The Hall–Kier alpha value is -0.610. The van der Waals surface area contributed by atoms with Crippen LogP contribution in [0, 0.1) is 5.92 Å². The fourth-order valence-electron chi connectivity index (χ4n) is 3.69. The number of unbranched alkanes of at least 4 members (excludes halogenated alkanes) is 8. The molecule has 0 bridgehead atoms. The summed E-state index contributed by atoms with van der Waals surface area (Å²) in [7, 11) is 0. The first-order valence-electron chi connectivity index (χ1n) is 11.3. The van der Waals surface area contributed by atoms with Gasteiger partial charge in [-0.1, -0.05) is 58.8 Å². The first-order valence-corrected chi connectivity index (χ1v) is 11.3. The Balaban J connectivity index is 1.96. The molecule has 0 aromatic carbocycles.